The Labute approximate surface area is 112 Å². The summed E-state index contributed by atoms with van der Waals surface area (Å²) in [5.41, 5.74) is 5.01. The molecule has 2 aromatic rings. The number of Topliss-reactive ketones (excluding diaryl/α,β-unsaturated/α-hetero) is 1. The van der Waals surface area contributed by atoms with Crippen LogP contribution in [0.1, 0.15) is 33.6 Å². The van der Waals surface area contributed by atoms with Gasteiger partial charge in [0, 0.05) is 29.4 Å². The molecule has 0 aliphatic heterocycles. The highest BCUT2D eigenvalue weighted by molar-refractivity contribution is 6.13. The van der Waals surface area contributed by atoms with Crippen molar-refractivity contribution < 1.29 is 4.79 Å². The van der Waals surface area contributed by atoms with Crippen LogP contribution in [-0.2, 0) is 13.5 Å². The summed E-state index contributed by atoms with van der Waals surface area (Å²) in [5.74, 6) is 0.158. The van der Waals surface area contributed by atoms with Crippen LogP contribution in [0, 0.1) is 6.92 Å². The normalized spacial score (nSPS) is 16.7. The number of allylic oxidation sites excluding steroid dienone is 1. The number of aryl methyl sites for hydroxylation is 2. The van der Waals surface area contributed by atoms with Crippen molar-refractivity contribution in [3.8, 4) is 0 Å². The molecule has 19 heavy (non-hydrogen) atoms. The zero-order valence-corrected chi connectivity index (χ0v) is 11.2. The van der Waals surface area contributed by atoms with Crippen molar-refractivity contribution in [2.75, 3.05) is 0 Å². The van der Waals surface area contributed by atoms with Crippen molar-refractivity contribution in [1.82, 2.24) is 9.78 Å². The number of fused-ring (bicyclic) bond motifs is 1. The highest BCUT2D eigenvalue weighted by atomic mass is 16.1. The molecule has 0 unspecified atom stereocenters. The Morgan fingerprint density at radius 3 is 2.79 bits per heavy atom. The topological polar surface area (TPSA) is 34.9 Å². The van der Waals surface area contributed by atoms with Gasteiger partial charge in [-0.15, -0.1) is 0 Å². The molecule has 0 N–H and O–H groups in total. The number of nitrogens with zero attached hydrogens (tertiary/aromatic N) is 2. The Hall–Kier alpha value is -2.16. The molecule has 1 aromatic carbocycles. The van der Waals surface area contributed by atoms with E-state index in [9.17, 15) is 4.79 Å². The van der Waals surface area contributed by atoms with Crippen molar-refractivity contribution in [2.45, 2.75) is 19.8 Å². The quantitative estimate of drug-likeness (QED) is 0.731. The van der Waals surface area contributed by atoms with Gasteiger partial charge in [-0.05, 0) is 31.4 Å². The van der Waals surface area contributed by atoms with Crippen molar-refractivity contribution in [2.24, 2.45) is 7.05 Å². The minimum absolute atomic E-state index is 0.158. The summed E-state index contributed by atoms with van der Waals surface area (Å²) in [5, 5.41) is 4.21. The fraction of sp³-hybridized carbons (Fsp3) is 0.250. The average Bonchev–Trinajstić information content (AvgIpc) is 2.74. The monoisotopic (exact) mass is 252 g/mol. The second kappa shape index (κ2) is 4.50. The molecule has 0 fully saturated rings. The average molecular weight is 252 g/mol. The SMILES string of the molecule is Cc1c(/C=C2/CCc3ccccc3C2=O)cnn1C. The number of hydrogen-bond acceptors (Lipinski definition) is 2. The van der Waals surface area contributed by atoms with Gasteiger partial charge in [0.2, 0.25) is 0 Å². The largest absolute Gasteiger partial charge is 0.289 e. The molecule has 0 bridgehead atoms. The number of carbonyl (C=O) groups is 1. The molecule has 0 saturated carbocycles. The van der Waals surface area contributed by atoms with Gasteiger partial charge in [0.15, 0.2) is 5.78 Å². The van der Waals surface area contributed by atoms with Crippen LogP contribution in [0.15, 0.2) is 36.0 Å². The second-order valence-electron chi connectivity index (χ2n) is 4.96. The number of hydrogen-bond donors (Lipinski definition) is 0. The number of ketones is 1. The predicted molar refractivity (Wildman–Crippen MR) is 75.0 cm³/mol. The number of aromatic nitrogens is 2. The van der Waals surface area contributed by atoms with Gasteiger partial charge >= 0.3 is 0 Å². The van der Waals surface area contributed by atoms with Gasteiger partial charge in [-0.3, -0.25) is 9.48 Å². The van der Waals surface area contributed by atoms with E-state index in [1.165, 1.54) is 0 Å². The zero-order valence-electron chi connectivity index (χ0n) is 11.2. The van der Waals surface area contributed by atoms with Crippen molar-refractivity contribution >= 4 is 11.9 Å². The van der Waals surface area contributed by atoms with Crippen LogP contribution in [-0.4, -0.2) is 15.6 Å². The molecule has 0 spiro atoms. The van der Waals surface area contributed by atoms with Gasteiger partial charge in [0.05, 0.1) is 6.20 Å². The fourth-order valence-electron chi connectivity index (χ4n) is 2.50. The first-order valence-corrected chi connectivity index (χ1v) is 6.48. The summed E-state index contributed by atoms with van der Waals surface area (Å²) in [7, 11) is 1.91. The Morgan fingerprint density at radius 2 is 2.05 bits per heavy atom. The lowest BCUT2D eigenvalue weighted by atomic mass is 9.86. The van der Waals surface area contributed by atoms with Crippen molar-refractivity contribution in [3.05, 3.63) is 58.4 Å². The van der Waals surface area contributed by atoms with Gasteiger partial charge in [0.25, 0.3) is 0 Å². The molecule has 96 valence electrons. The van der Waals surface area contributed by atoms with Crippen molar-refractivity contribution in [3.63, 3.8) is 0 Å². The van der Waals surface area contributed by atoms with E-state index in [0.29, 0.717) is 0 Å². The molecular weight excluding hydrogens is 236 g/mol. The van der Waals surface area contributed by atoms with Crippen molar-refractivity contribution in [1.29, 1.82) is 0 Å². The first-order chi connectivity index (χ1) is 9.16. The molecule has 3 rings (SSSR count). The zero-order chi connectivity index (χ0) is 13.4. The maximum Gasteiger partial charge on any atom is 0.189 e. The van der Waals surface area contributed by atoms with E-state index in [0.717, 1.165) is 40.8 Å². The summed E-state index contributed by atoms with van der Waals surface area (Å²) >= 11 is 0. The summed E-state index contributed by atoms with van der Waals surface area (Å²) in [6, 6.07) is 7.88. The van der Waals surface area contributed by atoms with Crippen LogP contribution >= 0.6 is 0 Å². The van der Waals surface area contributed by atoms with Crippen LogP contribution in [0.25, 0.3) is 6.08 Å². The van der Waals surface area contributed by atoms with E-state index in [4.69, 9.17) is 0 Å². The van der Waals surface area contributed by atoms with E-state index in [2.05, 4.69) is 5.10 Å². The van der Waals surface area contributed by atoms with Crippen LogP contribution in [0.2, 0.25) is 0 Å². The first-order valence-electron chi connectivity index (χ1n) is 6.48. The van der Waals surface area contributed by atoms with Gasteiger partial charge in [-0.2, -0.15) is 5.10 Å². The second-order valence-corrected chi connectivity index (χ2v) is 4.96. The van der Waals surface area contributed by atoms with Crippen LogP contribution in [0.5, 0.6) is 0 Å². The summed E-state index contributed by atoms with van der Waals surface area (Å²) in [6.07, 6.45) is 5.55. The summed E-state index contributed by atoms with van der Waals surface area (Å²) in [6.45, 7) is 2.01. The maximum atomic E-state index is 12.4. The molecule has 1 aromatic heterocycles. The summed E-state index contributed by atoms with van der Waals surface area (Å²) in [4.78, 5) is 12.4. The molecule has 1 aliphatic carbocycles. The predicted octanol–water partition coefficient (Wildman–Crippen LogP) is 2.94. The van der Waals surface area contributed by atoms with Gasteiger partial charge in [0.1, 0.15) is 0 Å². The first kappa shape index (κ1) is 11.9. The minimum atomic E-state index is 0.158. The molecule has 0 radical (unpaired) electrons. The van der Waals surface area contributed by atoms with Gasteiger partial charge in [-0.1, -0.05) is 24.3 Å². The highest BCUT2D eigenvalue weighted by Crippen LogP contribution is 2.26. The molecule has 0 saturated heterocycles. The van der Waals surface area contributed by atoms with E-state index in [1.54, 1.807) is 0 Å². The molecule has 0 atom stereocenters. The highest BCUT2D eigenvalue weighted by Gasteiger charge is 2.21. The molecule has 0 amide bonds. The third kappa shape index (κ3) is 2.01. The number of benzene rings is 1. The van der Waals surface area contributed by atoms with Crippen LogP contribution in [0.3, 0.4) is 0 Å². The Balaban J connectivity index is 2.01. The standard InChI is InChI=1S/C16H16N2O/c1-11-14(10-17-18(11)2)9-13-8-7-12-5-3-4-6-15(12)16(13)19/h3-6,9-10H,7-8H2,1-2H3/b13-9-. The van der Waals surface area contributed by atoms with E-state index < -0.39 is 0 Å². The lowest BCUT2D eigenvalue weighted by Crippen LogP contribution is -2.13. The molecule has 1 heterocycles. The van der Waals surface area contributed by atoms with Crippen LogP contribution in [0.4, 0.5) is 0 Å². The third-order valence-electron chi connectivity index (χ3n) is 3.82. The Bertz CT molecular complexity index is 680. The third-order valence-corrected chi connectivity index (χ3v) is 3.82. The lowest BCUT2D eigenvalue weighted by molar-refractivity contribution is 0.102. The van der Waals surface area contributed by atoms with E-state index >= 15 is 0 Å². The number of carbonyl (C=O) groups excluding carboxylic acids is 1. The smallest absolute Gasteiger partial charge is 0.189 e. The molecule has 3 heteroatoms. The lowest BCUT2D eigenvalue weighted by Gasteiger charge is -2.17. The van der Waals surface area contributed by atoms with Gasteiger partial charge < -0.3 is 0 Å². The molecule has 1 aliphatic rings. The van der Waals surface area contributed by atoms with E-state index in [-0.39, 0.29) is 5.78 Å². The Morgan fingerprint density at radius 1 is 1.26 bits per heavy atom. The maximum absolute atomic E-state index is 12.4. The number of rotatable bonds is 1. The van der Waals surface area contributed by atoms with Crippen LogP contribution < -0.4 is 0 Å². The molecular formula is C16H16N2O. The fourth-order valence-corrected chi connectivity index (χ4v) is 2.50. The van der Waals surface area contributed by atoms with Gasteiger partial charge in [-0.25, -0.2) is 0 Å². The summed E-state index contributed by atoms with van der Waals surface area (Å²) < 4.78 is 1.83. The van der Waals surface area contributed by atoms with E-state index in [1.807, 2.05) is 55.2 Å². The molecule has 3 nitrogen and oxygen atoms in total. The Kier molecular flexibility index (Phi) is 2.82. The minimum Gasteiger partial charge on any atom is -0.289 e.